The van der Waals surface area contributed by atoms with Gasteiger partial charge in [0.05, 0.1) is 12.2 Å². The number of esters is 1. The lowest BCUT2D eigenvalue weighted by Crippen LogP contribution is -2.33. The lowest BCUT2D eigenvalue weighted by atomic mass is 10.3. The highest BCUT2D eigenvalue weighted by atomic mass is 31.1. The highest BCUT2D eigenvalue weighted by Gasteiger charge is 2.24. The molecule has 0 saturated heterocycles. The molecule has 26 heavy (non-hydrogen) atoms. The molecule has 0 radical (unpaired) electrons. The van der Waals surface area contributed by atoms with Crippen LogP contribution in [0.3, 0.4) is 0 Å². The Morgan fingerprint density at radius 1 is 1.35 bits per heavy atom. The van der Waals surface area contributed by atoms with Crippen molar-refractivity contribution in [3.05, 3.63) is 33.1 Å². The first-order chi connectivity index (χ1) is 12.2. The lowest BCUT2D eigenvalue weighted by molar-refractivity contribution is -0.145. The van der Waals surface area contributed by atoms with Gasteiger partial charge in [0.1, 0.15) is 19.4 Å². The Labute approximate surface area is 151 Å². The van der Waals surface area contributed by atoms with Gasteiger partial charge in [-0.1, -0.05) is 12.0 Å². The number of aromatic amines is 1. The number of H-pyrrole nitrogens is 1. The predicted molar refractivity (Wildman–Crippen MR) is 94.0 cm³/mol. The second-order valence-corrected chi connectivity index (χ2v) is 6.80. The van der Waals surface area contributed by atoms with Gasteiger partial charge in [-0.2, -0.15) is 0 Å². The Morgan fingerprint density at radius 2 is 2.04 bits per heavy atom. The van der Waals surface area contributed by atoms with Crippen molar-refractivity contribution < 1.29 is 23.4 Å². The Kier molecular flexibility index (Phi) is 9.36. The first kappa shape index (κ1) is 22.2. The summed E-state index contributed by atoms with van der Waals surface area (Å²) in [6.45, 7) is 6.69. The topological polar surface area (TPSA) is 129 Å². The summed E-state index contributed by atoms with van der Waals surface area (Å²) in [5.74, 6) is -0.527. The molecule has 2 N–H and O–H groups in total. The Balaban J connectivity index is 2.46. The Hall–Kier alpha value is -1.87. The molecular weight excluding hydrogens is 365 g/mol. The standard InChI is InChI=1S/C15H24N3O7P/c1-5-12(9-23-26(22)16-8-14(20)24-10(2)3)25-11(4)18-7-6-13(19)17-15(18)21/h6-7,10-12H,5,8-9H2,1-4H3,(H-,16,17,19,21,22)/p+1/t11-,12+/m1/s1. The van der Waals surface area contributed by atoms with E-state index in [0.29, 0.717) is 6.42 Å². The van der Waals surface area contributed by atoms with Crippen LogP contribution in [-0.2, 0) is 23.4 Å². The summed E-state index contributed by atoms with van der Waals surface area (Å²) in [7, 11) is -2.26. The van der Waals surface area contributed by atoms with Gasteiger partial charge in [0.25, 0.3) is 5.56 Å². The first-order valence-corrected chi connectivity index (χ1v) is 9.40. The van der Waals surface area contributed by atoms with E-state index in [0.717, 1.165) is 0 Å². The zero-order valence-electron chi connectivity index (χ0n) is 15.3. The summed E-state index contributed by atoms with van der Waals surface area (Å²) in [5.41, 5.74) is -1.08. The highest BCUT2D eigenvalue weighted by molar-refractivity contribution is 7.36. The van der Waals surface area contributed by atoms with Crippen LogP contribution in [0.25, 0.3) is 0 Å². The molecule has 0 aliphatic carbocycles. The van der Waals surface area contributed by atoms with Crippen molar-refractivity contribution in [2.45, 2.75) is 52.6 Å². The Morgan fingerprint density at radius 3 is 2.62 bits per heavy atom. The molecule has 1 heterocycles. The molecule has 1 rings (SSSR count). The predicted octanol–water partition coefficient (Wildman–Crippen LogP) is 1.07. The van der Waals surface area contributed by atoms with Gasteiger partial charge in [0.15, 0.2) is 0 Å². The maximum absolute atomic E-state index is 11.8. The fourth-order valence-corrected chi connectivity index (χ4v) is 2.59. The number of nitrogens with one attached hydrogen (secondary N) is 2. The minimum Gasteiger partial charge on any atom is -0.462 e. The van der Waals surface area contributed by atoms with Gasteiger partial charge in [-0.25, -0.2) is 4.79 Å². The third-order valence-corrected chi connectivity index (χ3v) is 3.98. The minimum atomic E-state index is -2.26. The van der Waals surface area contributed by atoms with Gasteiger partial charge in [-0.15, -0.1) is 4.52 Å². The van der Waals surface area contributed by atoms with Gasteiger partial charge in [-0.05, 0) is 31.8 Å². The van der Waals surface area contributed by atoms with Crippen LogP contribution >= 0.6 is 8.18 Å². The summed E-state index contributed by atoms with van der Waals surface area (Å²) in [5, 5.41) is 2.43. The van der Waals surface area contributed by atoms with E-state index in [-0.39, 0.29) is 19.3 Å². The molecule has 1 aromatic rings. The maximum atomic E-state index is 11.8. The fraction of sp³-hybridized carbons (Fsp3) is 0.667. The SMILES string of the molecule is CC[C@@H](CO[P+](=O)NCC(=O)OC(C)C)O[C@H](C)n1ccc(=O)[nH]c1=O. The molecule has 11 heteroatoms. The molecule has 146 valence electrons. The highest BCUT2D eigenvalue weighted by Crippen LogP contribution is 2.19. The molecular formula is C15H25N3O7P+. The van der Waals surface area contributed by atoms with E-state index in [1.54, 1.807) is 20.8 Å². The van der Waals surface area contributed by atoms with Crippen LogP contribution in [0.1, 0.15) is 40.3 Å². The van der Waals surface area contributed by atoms with Crippen molar-refractivity contribution in [1.82, 2.24) is 14.6 Å². The Bertz CT molecular complexity index is 716. The van der Waals surface area contributed by atoms with Gasteiger partial charge in [-0.3, -0.25) is 19.1 Å². The molecule has 0 amide bonds. The molecule has 1 unspecified atom stereocenters. The average molecular weight is 390 g/mol. The number of aromatic nitrogens is 2. The zero-order valence-corrected chi connectivity index (χ0v) is 16.2. The van der Waals surface area contributed by atoms with E-state index in [1.165, 1.54) is 16.8 Å². The molecule has 0 saturated carbocycles. The number of carbonyl (C=O) groups is 1. The average Bonchev–Trinajstić information content (AvgIpc) is 2.55. The molecule has 0 fully saturated rings. The van der Waals surface area contributed by atoms with E-state index < -0.39 is 37.7 Å². The monoisotopic (exact) mass is 390 g/mol. The molecule has 0 aliphatic rings. The number of rotatable bonds is 11. The first-order valence-electron chi connectivity index (χ1n) is 8.23. The van der Waals surface area contributed by atoms with Gasteiger partial charge >= 0.3 is 19.8 Å². The lowest BCUT2D eigenvalue weighted by Gasteiger charge is -2.20. The number of hydrogen-bond donors (Lipinski definition) is 2. The number of hydrogen-bond acceptors (Lipinski definition) is 7. The summed E-state index contributed by atoms with van der Waals surface area (Å²) in [6, 6.07) is 1.22. The number of ether oxygens (including phenoxy) is 2. The normalized spacial score (nSPS) is 14.1. The van der Waals surface area contributed by atoms with Crippen LogP contribution in [-0.4, -0.2) is 40.9 Å². The summed E-state index contributed by atoms with van der Waals surface area (Å²) < 4.78 is 28.7. The molecule has 3 atom stereocenters. The largest absolute Gasteiger partial charge is 0.613 e. The smallest absolute Gasteiger partial charge is 0.462 e. The van der Waals surface area contributed by atoms with E-state index in [4.69, 9.17) is 14.0 Å². The van der Waals surface area contributed by atoms with Crippen LogP contribution in [0, 0.1) is 0 Å². The zero-order chi connectivity index (χ0) is 19.7. The third-order valence-electron chi connectivity index (χ3n) is 3.18. The van der Waals surface area contributed by atoms with Gasteiger partial charge < -0.3 is 9.47 Å². The van der Waals surface area contributed by atoms with Crippen molar-refractivity contribution in [2.24, 2.45) is 0 Å². The van der Waals surface area contributed by atoms with Crippen LogP contribution in [0.2, 0.25) is 0 Å². The molecule has 0 spiro atoms. The quantitative estimate of drug-likeness (QED) is 0.424. The van der Waals surface area contributed by atoms with Crippen LogP contribution in [0.15, 0.2) is 21.9 Å². The van der Waals surface area contributed by atoms with Crippen molar-refractivity contribution in [3.63, 3.8) is 0 Å². The second kappa shape index (κ2) is 11.0. The van der Waals surface area contributed by atoms with E-state index in [2.05, 4.69) is 10.1 Å². The fourth-order valence-electron chi connectivity index (χ4n) is 1.94. The van der Waals surface area contributed by atoms with Crippen molar-refractivity contribution >= 4 is 14.1 Å². The molecule has 0 aromatic carbocycles. The van der Waals surface area contributed by atoms with Gasteiger partial charge in [0.2, 0.25) is 0 Å². The summed E-state index contributed by atoms with van der Waals surface area (Å²) in [6.07, 6.45) is 0.536. The molecule has 0 aliphatic heterocycles. The molecule has 10 nitrogen and oxygen atoms in total. The van der Waals surface area contributed by atoms with Crippen molar-refractivity contribution in [1.29, 1.82) is 0 Å². The number of nitrogens with zero attached hydrogens (tertiary/aromatic N) is 1. The van der Waals surface area contributed by atoms with E-state index in [9.17, 15) is 18.9 Å². The number of carbonyl (C=O) groups excluding carboxylic acids is 1. The van der Waals surface area contributed by atoms with E-state index >= 15 is 0 Å². The summed E-state index contributed by atoms with van der Waals surface area (Å²) in [4.78, 5) is 36.3. The summed E-state index contributed by atoms with van der Waals surface area (Å²) >= 11 is 0. The van der Waals surface area contributed by atoms with Crippen LogP contribution in [0.5, 0.6) is 0 Å². The second-order valence-electron chi connectivity index (χ2n) is 5.71. The van der Waals surface area contributed by atoms with Crippen LogP contribution < -0.4 is 16.3 Å². The molecule has 0 bridgehead atoms. The third kappa shape index (κ3) is 8.01. The van der Waals surface area contributed by atoms with Crippen molar-refractivity contribution in [3.8, 4) is 0 Å². The van der Waals surface area contributed by atoms with Gasteiger partial charge in [0, 0.05) is 12.3 Å². The molecule has 1 aromatic heterocycles. The maximum Gasteiger partial charge on any atom is 0.613 e. The minimum absolute atomic E-state index is 0.000373. The van der Waals surface area contributed by atoms with Crippen LogP contribution in [0.4, 0.5) is 0 Å². The van der Waals surface area contributed by atoms with Crippen molar-refractivity contribution in [2.75, 3.05) is 13.2 Å². The van der Waals surface area contributed by atoms with E-state index in [1.807, 2.05) is 6.92 Å².